The Kier molecular flexibility index (Phi) is 5.34. The van der Waals surface area contributed by atoms with Crippen molar-refractivity contribution in [3.05, 3.63) is 56.5 Å². The molecule has 0 fully saturated rings. The molecule has 0 atom stereocenters. The zero-order valence-electron chi connectivity index (χ0n) is 11.0. The molecule has 0 radical (unpaired) electrons. The van der Waals surface area contributed by atoms with Crippen molar-refractivity contribution in [3.63, 3.8) is 0 Å². The predicted octanol–water partition coefficient (Wildman–Crippen LogP) is 5.05. The van der Waals surface area contributed by atoms with Gasteiger partial charge >= 0.3 is 0 Å². The lowest BCUT2D eigenvalue weighted by molar-refractivity contribution is 0.111. The average Bonchev–Trinajstić information content (AvgIpc) is 2.48. The summed E-state index contributed by atoms with van der Waals surface area (Å²) in [5.74, 6) is 0.690. The van der Waals surface area contributed by atoms with Gasteiger partial charge in [0, 0.05) is 16.7 Å². The third kappa shape index (κ3) is 3.62. The molecule has 0 aliphatic carbocycles. The van der Waals surface area contributed by atoms with Gasteiger partial charge in [0.05, 0.1) is 22.7 Å². The van der Waals surface area contributed by atoms with E-state index >= 15 is 0 Å². The van der Waals surface area contributed by atoms with E-state index in [1.807, 2.05) is 0 Å². The highest BCUT2D eigenvalue weighted by Crippen LogP contribution is 2.35. The normalized spacial score (nSPS) is 10.3. The molecule has 2 aromatic carbocycles. The van der Waals surface area contributed by atoms with Crippen molar-refractivity contribution in [3.8, 4) is 11.5 Å². The van der Waals surface area contributed by atoms with Crippen LogP contribution in [0.4, 0.5) is 0 Å². The highest BCUT2D eigenvalue weighted by Gasteiger charge is 2.14. The summed E-state index contributed by atoms with van der Waals surface area (Å²) in [5.41, 5.74) is 1.01. The first-order valence-electron chi connectivity index (χ1n) is 5.95. The molecule has 2 rings (SSSR count). The smallest absolute Gasteiger partial charge is 0.172 e. The number of carbonyl (C=O) groups excluding carboxylic acids is 1. The minimum atomic E-state index is 0.151. The fourth-order valence-electron chi connectivity index (χ4n) is 1.79. The topological polar surface area (TPSA) is 35.5 Å². The van der Waals surface area contributed by atoms with Gasteiger partial charge in [0.15, 0.2) is 17.8 Å². The molecule has 6 heteroatoms. The van der Waals surface area contributed by atoms with Crippen LogP contribution in [0.15, 0.2) is 30.3 Å². The highest BCUT2D eigenvalue weighted by atomic mass is 35.5. The van der Waals surface area contributed by atoms with Crippen molar-refractivity contribution in [2.45, 2.75) is 6.61 Å². The van der Waals surface area contributed by atoms with Crippen LogP contribution in [0.3, 0.4) is 0 Å². The fourth-order valence-corrected chi connectivity index (χ4v) is 2.38. The van der Waals surface area contributed by atoms with Crippen LogP contribution < -0.4 is 9.47 Å². The summed E-state index contributed by atoms with van der Waals surface area (Å²) in [7, 11) is 1.47. The van der Waals surface area contributed by atoms with Crippen LogP contribution in [-0.2, 0) is 6.61 Å². The molecule has 0 spiro atoms. The molecule has 0 N–H and O–H groups in total. The summed E-state index contributed by atoms with van der Waals surface area (Å²) in [6, 6.07) is 8.33. The second-order valence-electron chi connectivity index (χ2n) is 4.15. The Morgan fingerprint density at radius 2 is 1.95 bits per heavy atom. The Labute approximate surface area is 137 Å². The molecule has 0 saturated heterocycles. The van der Waals surface area contributed by atoms with Gasteiger partial charge in [0.1, 0.15) is 6.61 Å². The number of hydrogen-bond acceptors (Lipinski definition) is 3. The van der Waals surface area contributed by atoms with Crippen molar-refractivity contribution in [1.29, 1.82) is 0 Å². The van der Waals surface area contributed by atoms with Crippen LogP contribution in [0, 0.1) is 0 Å². The summed E-state index contributed by atoms with van der Waals surface area (Å²) in [6.07, 6.45) is 0.656. The monoisotopic (exact) mass is 344 g/mol. The Balaban J connectivity index is 2.31. The number of carbonyl (C=O) groups is 1. The van der Waals surface area contributed by atoms with E-state index < -0.39 is 0 Å². The molecule has 2 aromatic rings. The van der Waals surface area contributed by atoms with Gasteiger partial charge in [-0.1, -0.05) is 46.9 Å². The van der Waals surface area contributed by atoms with E-state index in [1.165, 1.54) is 13.2 Å². The number of hydrogen-bond donors (Lipinski definition) is 0. The van der Waals surface area contributed by atoms with Crippen LogP contribution in [0.2, 0.25) is 15.1 Å². The maximum absolute atomic E-state index is 11.1. The molecular weight excluding hydrogens is 335 g/mol. The van der Waals surface area contributed by atoms with Crippen molar-refractivity contribution >= 4 is 41.1 Å². The van der Waals surface area contributed by atoms with Crippen molar-refractivity contribution in [1.82, 2.24) is 0 Å². The number of rotatable bonds is 5. The minimum Gasteiger partial charge on any atom is -0.493 e. The number of benzene rings is 2. The SMILES string of the molecule is COc1cc(Cl)cc(C=O)c1OCc1cccc(Cl)c1Cl. The highest BCUT2D eigenvalue weighted by molar-refractivity contribution is 6.42. The van der Waals surface area contributed by atoms with Gasteiger partial charge in [0.25, 0.3) is 0 Å². The molecule has 0 saturated carbocycles. The van der Waals surface area contributed by atoms with Gasteiger partial charge in [-0.3, -0.25) is 4.79 Å². The van der Waals surface area contributed by atoms with Crippen LogP contribution in [0.5, 0.6) is 11.5 Å². The summed E-state index contributed by atoms with van der Waals surface area (Å²) in [4.78, 5) is 11.1. The molecule has 0 aliphatic rings. The number of methoxy groups -OCH3 is 1. The molecule has 0 aliphatic heterocycles. The second-order valence-corrected chi connectivity index (χ2v) is 5.37. The first kappa shape index (κ1) is 16.0. The third-order valence-corrected chi connectivity index (χ3v) is 3.88. The Morgan fingerprint density at radius 3 is 2.62 bits per heavy atom. The maximum atomic E-state index is 11.1. The Bertz CT molecular complexity index is 671. The van der Waals surface area contributed by atoms with E-state index in [4.69, 9.17) is 44.3 Å². The lowest BCUT2D eigenvalue weighted by atomic mass is 10.2. The molecule has 0 unspecified atom stereocenters. The molecule has 0 bridgehead atoms. The molecule has 21 heavy (non-hydrogen) atoms. The molecule has 110 valence electrons. The first-order valence-corrected chi connectivity index (χ1v) is 7.08. The van der Waals surface area contributed by atoms with E-state index in [0.29, 0.717) is 44.0 Å². The lowest BCUT2D eigenvalue weighted by Gasteiger charge is -2.14. The van der Waals surface area contributed by atoms with E-state index in [2.05, 4.69) is 0 Å². The number of halogens is 3. The molecule has 0 aromatic heterocycles. The van der Waals surface area contributed by atoms with Crippen molar-refractivity contribution < 1.29 is 14.3 Å². The van der Waals surface area contributed by atoms with Crippen LogP contribution >= 0.6 is 34.8 Å². The molecular formula is C15H11Cl3O3. The molecule has 3 nitrogen and oxygen atoms in total. The molecule has 0 amide bonds. The Hall–Kier alpha value is -1.42. The van der Waals surface area contributed by atoms with Gasteiger partial charge in [-0.25, -0.2) is 0 Å². The molecule has 0 heterocycles. The number of ether oxygens (including phenoxy) is 2. The average molecular weight is 346 g/mol. The number of aldehydes is 1. The zero-order valence-corrected chi connectivity index (χ0v) is 13.3. The maximum Gasteiger partial charge on any atom is 0.172 e. The second kappa shape index (κ2) is 7.03. The summed E-state index contributed by atoms with van der Waals surface area (Å²) >= 11 is 18.0. The predicted molar refractivity (Wildman–Crippen MR) is 84.2 cm³/mol. The van der Waals surface area contributed by atoms with Crippen LogP contribution in [0.25, 0.3) is 0 Å². The van der Waals surface area contributed by atoms with E-state index in [-0.39, 0.29) is 6.61 Å². The van der Waals surface area contributed by atoms with E-state index in [9.17, 15) is 4.79 Å². The van der Waals surface area contributed by atoms with E-state index in [1.54, 1.807) is 24.3 Å². The first-order chi connectivity index (χ1) is 10.1. The lowest BCUT2D eigenvalue weighted by Crippen LogP contribution is -2.01. The van der Waals surface area contributed by atoms with Gasteiger partial charge < -0.3 is 9.47 Å². The van der Waals surface area contributed by atoms with Crippen molar-refractivity contribution in [2.75, 3.05) is 7.11 Å². The minimum absolute atomic E-state index is 0.151. The third-order valence-electron chi connectivity index (χ3n) is 2.80. The summed E-state index contributed by atoms with van der Waals surface area (Å²) in [6.45, 7) is 0.151. The van der Waals surface area contributed by atoms with Crippen molar-refractivity contribution in [2.24, 2.45) is 0 Å². The summed E-state index contributed by atoms with van der Waals surface area (Å²) in [5, 5.41) is 1.25. The summed E-state index contributed by atoms with van der Waals surface area (Å²) < 4.78 is 10.9. The van der Waals surface area contributed by atoms with Gasteiger partial charge in [-0.2, -0.15) is 0 Å². The quantitative estimate of drug-likeness (QED) is 0.712. The van der Waals surface area contributed by atoms with Crippen LogP contribution in [-0.4, -0.2) is 13.4 Å². The fraction of sp³-hybridized carbons (Fsp3) is 0.133. The van der Waals surface area contributed by atoms with E-state index in [0.717, 1.165) is 0 Å². The van der Waals surface area contributed by atoms with Gasteiger partial charge in [0.2, 0.25) is 0 Å². The van der Waals surface area contributed by atoms with Gasteiger partial charge in [-0.05, 0) is 12.1 Å². The van der Waals surface area contributed by atoms with Gasteiger partial charge in [-0.15, -0.1) is 0 Å². The largest absolute Gasteiger partial charge is 0.493 e. The zero-order chi connectivity index (χ0) is 15.4. The Morgan fingerprint density at radius 1 is 1.19 bits per heavy atom. The standard InChI is InChI=1S/C15H11Cl3O3/c1-20-13-6-11(16)5-10(7-19)15(13)21-8-9-3-2-4-12(17)14(9)18/h2-7H,8H2,1H3. The van der Waals surface area contributed by atoms with Crippen LogP contribution in [0.1, 0.15) is 15.9 Å².